The van der Waals surface area contributed by atoms with Crippen molar-refractivity contribution in [2.24, 2.45) is 0 Å². The Labute approximate surface area is 185 Å². The first-order valence-corrected chi connectivity index (χ1v) is 11.5. The van der Waals surface area contributed by atoms with E-state index < -0.39 is 28.5 Å². The number of anilines is 1. The quantitative estimate of drug-likeness (QED) is 0.549. The Hall–Kier alpha value is -3.21. The highest BCUT2D eigenvalue weighted by molar-refractivity contribution is 7.89. The number of ether oxygens (including phenoxy) is 2. The van der Waals surface area contributed by atoms with E-state index in [0.717, 1.165) is 10.9 Å². The Morgan fingerprint density at radius 1 is 1.12 bits per heavy atom. The van der Waals surface area contributed by atoms with Gasteiger partial charge in [-0.15, -0.1) is 0 Å². The van der Waals surface area contributed by atoms with Gasteiger partial charge in [-0.05, 0) is 36.8 Å². The summed E-state index contributed by atoms with van der Waals surface area (Å²) in [6, 6.07) is 13.6. The van der Waals surface area contributed by atoms with Crippen LogP contribution < -0.4 is 5.32 Å². The molecule has 0 bridgehead atoms. The fraction of sp³-hybridized carbons (Fsp3) is 0.273. The lowest BCUT2D eigenvalue weighted by molar-refractivity contribution is -0.119. The number of carbonyl (C=O) groups excluding carboxylic acids is 2. The maximum atomic E-state index is 12.9. The van der Waals surface area contributed by atoms with Crippen LogP contribution in [0.3, 0.4) is 0 Å². The molecule has 0 atom stereocenters. The van der Waals surface area contributed by atoms with Crippen LogP contribution in [0.1, 0.15) is 16.1 Å². The van der Waals surface area contributed by atoms with Gasteiger partial charge in [0.15, 0.2) is 6.61 Å². The third kappa shape index (κ3) is 4.67. The number of benzene rings is 2. The highest BCUT2D eigenvalue weighted by Crippen LogP contribution is 2.24. The molecule has 0 aliphatic carbocycles. The number of aromatic amines is 1. The Bertz CT molecular complexity index is 1230. The molecule has 32 heavy (non-hydrogen) atoms. The zero-order chi connectivity index (χ0) is 22.7. The number of nitrogens with zero attached hydrogens (tertiary/aromatic N) is 1. The number of esters is 1. The van der Waals surface area contributed by atoms with Crippen LogP contribution in [0.2, 0.25) is 0 Å². The molecule has 2 N–H and O–H groups in total. The van der Waals surface area contributed by atoms with Crippen molar-refractivity contribution in [1.29, 1.82) is 0 Å². The predicted octanol–water partition coefficient (Wildman–Crippen LogP) is 2.29. The molecule has 1 saturated heterocycles. The van der Waals surface area contributed by atoms with Crippen LogP contribution in [0.25, 0.3) is 10.9 Å². The number of fused-ring (bicyclic) bond motifs is 1. The van der Waals surface area contributed by atoms with E-state index in [1.165, 1.54) is 16.4 Å². The molecular weight excluding hydrogens is 434 g/mol. The molecule has 9 nitrogen and oxygen atoms in total. The van der Waals surface area contributed by atoms with Crippen LogP contribution in [0.5, 0.6) is 0 Å². The number of amides is 1. The average molecular weight is 458 g/mol. The normalized spacial score (nSPS) is 14.9. The van der Waals surface area contributed by atoms with Gasteiger partial charge >= 0.3 is 5.97 Å². The number of hydrogen-bond donors (Lipinski definition) is 2. The van der Waals surface area contributed by atoms with Gasteiger partial charge in [-0.3, -0.25) is 4.79 Å². The minimum atomic E-state index is -3.70. The average Bonchev–Trinajstić information content (AvgIpc) is 3.24. The number of morpholine rings is 1. The minimum Gasteiger partial charge on any atom is -0.451 e. The minimum absolute atomic E-state index is 0.0790. The van der Waals surface area contributed by atoms with Crippen molar-refractivity contribution >= 4 is 38.5 Å². The largest absolute Gasteiger partial charge is 0.451 e. The second-order valence-electron chi connectivity index (χ2n) is 7.39. The summed E-state index contributed by atoms with van der Waals surface area (Å²) in [7, 11) is -3.70. The lowest BCUT2D eigenvalue weighted by Gasteiger charge is -2.26. The van der Waals surface area contributed by atoms with Crippen molar-refractivity contribution in [3.05, 3.63) is 59.8 Å². The van der Waals surface area contributed by atoms with Crippen LogP contribution in [0.15, 0.2) is 53.4 Å². The van der Waals surface area contributed by atoms with Crippen LogP contribution in [0, 0.1) is 6.92 Å². The molecule has 0 radical (unpaired) electrons. The maximum absolute atomic E-state index is 12.9. The van der Waals surface area contributed by atoms with E-state index in [1.807, 2.05) is 24.3 Å². The number of para-hydroxylation sites is 1. The highest BCUT2D eigenvalue weighted by atomic mass is 32.2. The summed E-state index contributed by atoms with van der Waals surface area (Å²) in [4.78, 5) is 27.7. The number of H-pyrrole nitrogens is 1. The molecule has 1 aliphatic rings. The second-order valence-corrected chi connectivity index (χ2v) is 9.33. The number of rotatable bonds is 6. The van der Waals surface area contributed by atoms with Crippen LogP contribution in [0.4, 0.5) is 5.69 Å². The molecular formula is C22H23N3O6S. The van der Waals surface area contributed by atoms with E-state index in [-0.39, 0.29) is 23.7 Å². The van der Waals surface area contributed by atoms with Crippen LogP contribution in [-0.4, -0.2) is 62.5 Å². The molecule has 1 aliphatic heterocycles. The van der Waals surface area contributed by atoms with Gasteiger partial charge in [0.2, 0.25) is 10.0 Å². The lowest BCUT2D eigenvalue weighted by atomic mass is 10.2. The molecule has 1 aromatic heterocycles. The van der Waals surface area contributed by atoms with E-state index in [0.29, 0.717) is 24.5 Å². The number of carbonyl (C=O) groups is 2. The Balaban J connectivity index is 1.41. The third-order valence-electron chi connectivity index (χ3n) is 5.18. The number of aromatic nitrogens is 1. The van der Waals surface area contributed by atoms with Gasteiger partial charge in [0.05, 0.1) is 18.1 Å². The summed E-state index contributed by atoms with van der Waals surface area (Å²) in [6.45, 7) is 2.49. The lowest BCUT2D eigenvalue weighted by Crippen LogP contribution is -2.40. The zero-order valence-electron chi connectivity index (χ0n) is 17.5. The fourth-order valence-corrected chi connectivity index (χ4v) is 4.85. The molecule has 2 heterocycles. The summed E-state index contributed by atoms with van der Waals surface area (Å²) in [5.41, 5.74) is 2.05. The number of hydrogen-bond acceptors (Lipinski definition) is 6. The maximum Gasteiger partial charge on any atom is 0.355 e. The number of sulfonamides is 1. The van der Waals surface area contributed by atoms with E-state index in [4.69, 9.17) is 9.47 Å². The molecule has 0 unspecified atom stereocenters. The van der Waals surface area contributed by atoms with Gasteiger partial charge in [0.1, 0.15) is 5.69 Å². The monoisotopic (exact) mass is 457 g/mol. The predicted molar refractivity (Wildman–Crippen MR) is 118 cm³/mol. The third-order valence-corrected chi connectivity index (χ3v) is 7.07. The molecule has 1 amide bonds. The van der Waals surface area contributed by atoms with Gasteiger partial charge in [0.25, 0.3) is 5.91 Å². The SMILES string of the molecule is Cc1ccc(S(=O)(=O)N2CCOCC2)cc1NC(=O)COC(=O)c1cc2ccccc2[nH]1. The smallest absolute Gasteiger partial charge is 0.355 e. The van der Waals surface area contributed by atoms with E-state index in [2.05, 4.69) is 10.3 Å². The Morgan fingerprint density at radius 2 is 1.88 bits per heavy atom. The molecule has 3 aromatic rings. The van der Waals surface area contributed by atoms with E-state index in [1.54, 1.807) is 19.1 Å². The molecule has 10 heteroatoms. The summed E-state index contributed by atoms with van der Waals surface area (Å²) < 4.78 is 37.4. The summed E-state index contributed by atoms with van der Waals surface area (Å²) in [6.07, 6.45) is 0. The second kappa shape index (κ2) is 9.11. The topological polar surface area (TPSA) is 118 Å². The van der Waals surface area contributed by atoms with Gasteiger partial charge in [-0.25, -0.2) is 13.2 Å². The Kier molecular flexibility index (Phi) is 6.26. The van der Waals surface area contributed by atoms with Gasteiger partial charge in [-0.1, -0.05) is 24.3 Å². The van der Waals surface area contributed by atoms with Gasteiger partial charge in [-0.2, -0.15) is 4.31 Å². The fourth-order valence-electron chi connectivity index (χ4n) is 3.41. The van der Waals surface area contributed by atoms with Crippen molar-refractivity contribution in [1.82, 2.24) is 9.29 Å². The molecule has 1 fully saturated rings. The molecule has 2 aromatic carbocycles. The van der Waals surface area contributed by atoms with Crippen molar-refractivity contribution in [2.75, 3.05) is 38.2 Å². The van der Waals surface area contributed by atoms with Crippen LogP contribution >= 0.6 is 0 Å². The first-order chi connectivity index (χ1) is 15.3. The molecule has 4 rings (SSSR count). The Morgan fingerprint density at radius 3 is 2.62 bits per heavy atom. The van der Waals surface area contributed by atoms with Crippen molar-refractivity contribution < 1.29 is 27.5 Å². The van der Waals surface area contributed by atoms with Crippen molar-refractivity contribution in [2.45, 2.75) is 11.8 Å². The van der Waals surface area contributed by atoms with Gasteiger partial charge < -0.3 is 19.8 Å². The standard InChI is InChI=1S/C22H23N3O6S/c1-15-6-7-17(32(28,29)25-8-10-30-11-9-25)13-19(15)24-21(26)14-31-22(27)20-12-16-4-2-3-5-18(16)23-20/h2-7,12-13,23H,8-11,14H2,1H3,(H,24,26). The van der Waals surface area contributed by atoms with E-state index >= 15 is 0 Å². The summed E-state index contributed by atoms with van der Waals surface area (Å²) >= 11 is 0. The molecule has 0 spiro atoms. The first kappa shape index (κ1) is 22.0. The highest BCUT2D eigenvalue weighted by Gasteiger charge is 2.27. The van der Waals surface area contributed by atoms with Crippen molar-refractivity contribution in [3.8, 4) is 0 Å². The molecule has 168 valence electrons. The van der Waals surface area contributed by atoms with E-state index in [9.17, 15) is 18.0 Å². The molecule has 0 saturated carbocycles. The zero-order valence-corrected chi connectivity index (χ0v) is 18.3. The number of aryl methyl sites for hydroxylation is 1. The van der Waals surface area contributed by atoms with Gasteiger partial charge in [0, 0.05) is 29.7 Å². The number of nitrogens with one attached hydrogen (secondary N) is 2. The first-order valence-electron chi connectivity index (χ1n) is 10.1. The van der Waals surface area contributed by atoms with Crippen LogP contribution in [-0.2, 0) is 24.3 Å². The van der Waals surface area contributed by atoms with Crippen molar-refractivity contribution in [3.63, 3.8) is 0 Å². The summed E-state index contributed by atoms with van der Waals surface area (Å²) in [5, 5.41) is 3.48. The summed E-state index contributed by atoms with van der Waals surface area (Å²) in [5.74, 6) is -1.23.